The van der Waals surface area contributed by atoms with Crippen LogP contribution in [0, 0.1) is 0 Å². The molecule has 0 aliphatic carbocycles. The van der Waals surface area contributed by atoms with Crippen LogP contribution in [0.2, 0.25) is 0 Å². The Morgan fingerprint density at radius 2 is 1.81 bits per heavy atom. The van der Waals surface area contributed by atoms with E-state index in [4.69, 9.17) is 14.2 Å². The van der Waals surface area contributed by atoms with Gasteiger partial charge in [0.25, 0.3) is 15.9 Å². The molecule has 10 heteroatoms. The van der Waals surface area contributed by atoms with Gasteiger partial charge in [-0.25, -0.2) is 8.42 Å². The van der Waals surface area contributed by atoms with Gasteiger partial charge >= 0.3 is 5.97 Å². The fourth-order valence-electron chi connectivity index (χ4n) is 2.81. The zero-order valence-corrected chi connectivity index (χ0v) is 18.0. The van der Waals surface area contributed by atoms with E-state index >= 15 is 0 Å². The number of sulfonamides is 1. The third-order valence-corrected chi connectivity index (χ3v) is 5.55. The molecule has 0 radical (unpaired) electrons. The molecule has 9 nitrogen and oxygen atoms in total. The second-order valence-electron chi connectivity index (χ2n) is 7.07. The van der Waals surface area contributed by atoms with E-state index in [1.54, 1.807) is 19.9 Å². The summed E-state index contributed by atoms with van der Waals surface area (Å²) >= 11 is 0. The Kier molecular flexibility index (Phi) is 7.01. The van der Waals surface area contributed by atoms with Crippen molar-refractivity contribution in [3.05, 3.63) is 48.0 Å². The van der Waals surface area contributed by atoms with Crippen molar-refractivity contribution in [2.45, 2.75) is 31.3 Å². The molecule has 2 aromatic rings. The Hall–Kier alpha value is -3.27. The minimum absolute atomic E-state index is 0.00281. The van der Waals surface area contributed by atoms with Crippen molar-refractivity contribution in [2.24, 2.45) is 0 Å². The van der Waals surface area contributed by atoms with Crippen LogP contribution in [-0.4, -0.2) is 46.2 Å². The van der Waals surface area contributed by atoms with Crippen LogP contribution in [0.5, 0.6) is 11.5 Å². The zero-order chi connectivity index (χ0) is 22.4. The number of esters is 1. The number of carbonyl (C=O) groups is 2. The van der Waals surface area contributed by atoms with E-state index in [1.165, 1.54) is 36.4 Å². The molecule has 0 saturated heterocycles. The van der Waals surface area contributed by atoms with E-state index in [9.17, 15) is 18.0 Å². The number of nitrogens with one attached hydrogen (secondary N) is 2. The molecular weight excluding hydrogens is 424 g/mol. The average molecular weight is 448 g/mol. The Morgan fingerprint density at radius 3 is 2.55 bits per heavy atom. The highest BCUT2D eigenvalue weighted by Gasteiger charge is 2.19. The third kappa shape index (κ3) is 6.11. The summed E-state index contributed by atoms with van der Waals surface area (Å²) in [5.41, 5.74) is 0.390. The largest absolute Gasteiger partial charge is 0.490 e. The van der Waals surface area contributed by atoms with E-state index in [-0.39, 0.29) is 28.8 Å². The lowest BCUT2D eigenvalue weighted by molar-refractivity contribution is -0.146. The number of rotatable bonds is 7. The maximum atomic E-state index is 12.8. The van der Waals surface area contributed by atoms with E-state index < -0.39 is 21.9 Å². The van der Waals surface area contributed by atoms with Gasteiger partial charge in [-0.05, 0) is 44.2 Å². The summed E-state index contributed by atoms with van der Waals surface area (Å²) < 4.78 is 44.1. The van der Waals surface area contributed by atoms with Crippen LogP contribution in [-0.2, 0) is 19.6 Å². The number of benzene rings is 2. The minimum atomic E-state index is -3.93. The van der Waals surface area contributed by atoms with Crippen molar-refractivity contribution in [1.29, 1.82) is 0 Å². The molecule has 1 aliphatic heterocycles. The molecule has 31 heavy (non-hydrogen) atoms. The first kappa shape index (κ1) is 22.4. The standard InChI is InChI=1S/C21H24N2O7S/c1-14(2)30-20(24)13-22-21(25)15-5-3-6-16(11-15)23-31(26,27)17-7-8-18-19(12-17)29-10-4-9-28-18/h3,5-8,11-12,14,23H,4,9-10,13H2,1-2H3,(H,22,25). The first-order valence-electron chi connectivity index (χ1n) is 9.75. The van der Waals surface area contributed by atoms with Gasteiger partial charge in [-0.2, -0.15) is 0 Å². The normalized spacial score (nSPS) is 13.3. The summed E-state index contributed by atoms with van der Waals surface area (Å²) in [6.45, 7) is 4.06. The quantitative estimate of drug-likeness (QED) is 0.624. The van der Waals surface area contributed by atoms with E-state index in [2.05, 4.69) is 10.0 Å². The molecule has 0 bridgehead atoms. The van der Waals surface area contributed by atoms with Crippen LogP contribution in [0.25, 0.3) is 0 Å². The molecule has 0 unspecified atom stereocenters. The first-order chi connectivity index (χ1) is 14.7. The number of anilines is 1. The summed E-state index contributed by atoms with van der Waals surface area (Å²) in [6.07, 6.45) is 0.422. The predicted molar refractivity (Wildman–Crippen MR) is 113 cm³/mol. The van der Waals surface area contributed by atoms with Crippen molar-refractivity contribution in [1.82, 2.24) is 5.32 Å². The fourth-order valence-corrected chi connectivity index (χ4v) is 3.87. The van der Waals surface area contributed by atoms with Crippen LogP contribution in [0.4, 0.5) is 5.69 Å². The molecule has 0 atom stereocenters. The van der Waals surface area contributed by atoms with Gasteiger partial charge in [-0.1, -0.05) is 6.07 Å². The Labute approximate surface area is 180 Å². The second kappa shape index (κ2) is 9.69. The summed E-state index contributed by atoms with van der Waals surface area (Å²) in [4.78, 5) is 23.9. The zero-order valence-electron chi connectivity index (χ0n) is 17.2. The average Bonchev–Trinajstić information content (AvgIpc) is 2.96. The van der Waals surface area contributed by atoms with Crippen LogP contribution >= 0.6 is 0 Å². The fraction of sp³-hybridized carbons (Fsp3) is 0.333. The Balaban J connectivity index is 1.70. The molecule has 2 N–H and O–H groups in total. The number of amides is 1. The summed E-state index contributed by atoms with van der Waals surface area (Å²) in [6, 6.07) is 10.3. The minimum Gasteiger partial charge on any atom is -0.490 e. The third-order valence-electron chi connectivity index (χ3n) is 4.17. The molecule has 3 rings (SSSR count). The Morgan fingerprint density at radius 1 is 1.06 bits per heavy atom. The SMILES string of the molecule is CC(C)OC(=O)CNC(=O)c1cccc(NS(=O)(=O)c2ccc3c(c2)OCCCO3)c1. The second-order valence-corrected chi connectivity index (χ2v) is 8.75. The molecule has 0 saturated carbocycles. The lowest BCUT2D eigenvalue weighted by Crippen LogP contribution is -2.31. The van der Waals surface area contributed by atoms with Crippen LogP contribution in [0.15, 0.2) is 47.4 Å². The van der Waals surface area contributed by atoms with Crippen molar-refractivity contribution in [3.8, 4) is 11.5 Å². The molecule has 1 heterocycles. The van der Waals surface area contributed by atoms with Gasteiger partial charge in [0.2, 0.25) is 0 Å². The molecule has 0 fully saturated rings. The summed E-state index contributed by atoms with van der Waals surface area (Å²) in [5.74, 6) is -0.236. The number of carbonyl (C=O) groups excluding carboxylic acids is 2. The van der Waals surface area contributed by atoms with Gasteiger partial charge in [0.05, 0.1) is 24.2 Å². The van der Waals surface area contributed by atoms with Crippen molar-refractivity contribution in [3.63, 3.8) is 0 Å². The van der Waals surface area contributed by atoms with Crippen LogP contribution in [0.3, 0.4) is 0 Å². The van der Waals surface area contributed by atoms with Crippen molar-refractivity contribution in [2.75, 3.05) is 24.5 Å². The van der Waals surface area contributed by atoms with E-state index in [0.29, 0.717) is 31.1 Å². The first-order valence-corrected chi connectivity index (χ1v) is 11.2. The van der Waals surface area contributed by atoms with Crippen LogP contribution in [0.1, 0.15) is 30.6 Å². The number of ether oxygens (including phenoxy) is 3. The lowest BCUT2D eigenvalue weighted by Gasteiger charge is -2.12. The molecule has 1 aliphatic rings. The molecule has 2 aromatic carbocycles. The monoisotopic (exact) mass is 448 g/mol. The van der Waals surface area contributed by atoms with Gasteiger partial charge in [0.1, 0.15) is 6.54 Å². The highest BCUT2D eigenvalue weighted by atomic mass is 32.2. The van der Waals surface area contributed by atoms with Gasteiger partial charge in [0, 0.05) is 23.7 Å². The highest BCUT2D eigenvalue weighted by molar-refractivity contribution is 7.92. The van der Waals surface area contributed by atoms with E-state index in [0.717, 1.165) is 0 Å². The summed E-state index contributed by atoms with van der Waals surface area (Å²) in [5, 5.41) is 2.44. The van der Waals surface area contributed by atoms with Gasteiger partial charge in [0.15, 0.2) is 11.5 Å². The van der Waals surface area contributed by atoms with Gasteiger partial charge < -0.3 is 19.5 Å². The number of hydrogen-bond acceptors (Lipinski definition) is 7. The topological polar surface area (TPSA) is 120 Å². The maximum absolute atomic E-state index is 12.8. The molecule has 0 aromatic heterocycles. The van der Waals surface area contributed by atoms with Crippen molar-refractivity contribution < 1.29 is 32.2 Å². The van der Waals surface area contributed by atoms with Crippen LogP contribution < -0.4 is 19.5 Å². The van der Waals surface area contributed by atoms with Crippen molar-refractivity contribution >= 4 is 27.6 Å². The maximum Gasteiger partial charge on any atom is 0.325 e. The van der Waals surface area contributed by atoms with E-state index in [1.807, 2.05) is 0 Å². The molecule has 0 spiro atoms. The molecule has 166 valence electrons. The number of fused-ring (bicyclic) bond motifs is 1. The molecular formula is C21H24N2O7S. The molecule has 1 amide bonds. The lowest BCUT2D eigenvalue weighted by atomic mass is 10.2. The smallest absolute Gasteiger partial charge is 0.325 e. The predicted octanol–water partition coefficient (Wildman–Crippen LogP) is 2.33. The summed E-state index contributed by atoms with van der Waals surface area (Å²) in [7, 11) is -3.93. The van der Waals surface area contributed by atoms with Gasteiger partial charge in [-0.3, -0.25) is 14.3 Å². The highest BCUT2D eigenvalue weighted by Crippen LogP contribution is 2.32. The van der Waals surface area contributed by atoms with Gasteiger partial charge in [-0.15, -0.1) is 0 Å². The Bertz CT molecular complexity index is 1070. The number of hydrogen-bond donors (Lipinski definition) is 2.